The molecule has 2 heterocycles. The molecule has 1 aromatic heterocycles. The SMILES string of the molecule is Cc1n[nH]c(C)c1CNC1(C)CCN(C(=O)OC(C)(C)C)CC1. The van der Waals surface area contributed by atoms with Gasteiger partial charge in [0.1, 0.15) is 5.60 Å². The standard InChI is InChI=1S/C17H30N4O2/c1-12-14(13(2)20-19-12)11-18-17(6)7-9-21(10-8-17)15(22)23-16(3,4)5/h18H,7-11H2,1-6H3,(H,19,20). The van der Waals surface area contributed by atoms with E-state index in [1.165, 1.54) is 5.56 Å². The number of aromatic nitrogens is 2. The van der Waals surface area contributed by atoms with E-state index in [9.17, 15) is 4.79 Å². The number of nitrogens with one attached hydrogen (secondary N) is 2. The van der Waals surface area contributed by atoms with Gasteiger partial charge in [0.05, 0.1) is 5.69 Å². The van der Waals surface area contributed by atoms with Gasteiger partial charge in [-0.25, -0.2) is 4.79 Å². The zero-order valence-electron chi connectivity index (χ0n) is 15.2. The number of likely N-dealkylation sites (tertiary alicyclic amines) is 1. The molecule has 2 rings (SSSR count). The van der Waals surface area contributed by atoms with Crippen molar-refractivity contribution in [2.45, 2.75) is 72.1 Å². The number of amides is 1. The van der Waals surface area contributed by atoms with Crippen LogP contribution < -0.4 is 5.32 Å². The molecule has 1 saturated heterocycles. The van der Waals surface area contributed by atoms with Crippen molar-refractivity contribution >= 4 is 6.09 Å². The molecule has 0 aromatic carbocycles. The van der Waals surface area contributed by atoms with Crippen LogP contribution in [0.25, 0.3) is 0 Å². The molecule has 2 N–H and O–H groups in total. The summed E-state index contributed by atoms with van der Waals surface area (Å²) in [5, 5.41) is 10.9. The predicted octanol–water partition coefficient (Wildman–Crippen LogP) is 2.91. The Morgan fingerprint density at radius 3 is 2.43 bits per heavy atom. The molecule has 6 heteroatoms. The maximum atomic E-state index is 12.1. The average molecular weight is 322 g/mol. The molecular weight excluding hydrogens is 292 g/mol. The van der Waals surface area contributed by atoms with Crippen molar-refractivity contribution in [2.24, 2.45) is 0 Å². The molecule has 0 unspecified atom stereocenters. The van der Waals surface area contributed by atoms with Crippen molar-refractivity contribution in [3.05, 3.63) is 17.0 Å². The van der Waals surface area contributed by atoms with Crippen LogP contribution in [0.5, 0.6) is 0 Å². The minimum absolute atomic E-state index is 0.0364. The van der Waals surface area contributed by atoms with Gasteiger partial charge in [-0.2, -0.15) is 5.10 Å². The fourth-order valence-corrected chi connectivity index (χ4v) is 2.82. The number of nitrogens with zero attached hydrogens (tertiary/aromatic N) is 2. The molecule has 1 aliphatic heterocycles. The highest BCUT2D eigenvalue weighted by Crippen LogP contribution is 2.24. The van der Waals surface area contributed by atoms with Crippen molar-refractivity contribution in [1.82, 2.24) is 20.4 Å². The first-order chi connectivity index (χ1) is 10.6. The zero-order chi connectivity index (χ0) is 17.3. The van der Waals surface area contributed by atoms with Crippen LogP contribution in [0.2, 0.25) is 0 Å². The third kappa shape index (κ3) is 4.70. The van der Waals surface area contributed by atoms with Gasteiger partial charge >= 0.3 is 6.09 Å². The lowest BCUT2D eigenvalue weighted by atomic mass is 9.89. The second-order valence-electron chi connectivity index (χ2n) is 7.79. The third-order valence-corrected chi connectivity index (χ3v) is 4.49. The highest BCUT2D eigenvalue weighted by molar-refractivity contribution is 5.68. The zero-order valence-corrected chi connectivity index (χ0v) is 15.2. The van der Waals surface area contributed by atoms with Crippen LogP contribution in [0.4, 0.5) is 4.79 Å². The first-order valence-electron chi connectivity index (χ1n) is 8.33. The number of rotatable bonds is 3. The average Bonchev–Trinajstić information content (AvgIpc) is 2.75. The molecule has 0 saturated carbocycles. The van der Waals surface area contributed by atoms with Gasteiger partial charge in [-0.05, 0) is 54.4 Å². The predicted molar refractivity (Wildman–Crippen MR) is 90.3 cm³/mol. The Kier molecular flexibility index (Phi) is 5.04. The van der Waals surface area contributed by atoms with Crippen LogP contribution in [0.1, 0.15) is 57.5 Å². The summed E-state index contributed by atoms with van der Waals surface area (Å²) in [6.45, 7) is 14.2. The van der Waals surface area contributed by atoms with Gasteiger partial charge in [-0.1, -0.05) is 0 Å². The smallest absolute Gasteiger partial charge is 0.410 e. The second-order valence-corrected chi connectivity index (χ2v) is 7.79. The van der Waals surface area contributed by atoms with Gasteiger partial charge in [-0.3, -0.25) is 5.10 Å². The molecule has 130 valence electrons. The topological polar surface area (TPSA) is 70.2 Å². The minimum atomic E-state index is -0.438. The Labute approximate surface area is 139 Å². The molecule has 23 heavy (non-hydrogen) atoms. The fraction of sp³-hybridized carbons (Fsp3) is 0.765. The summed E-state index contributed by atoms with van der Waals surface area (Å²) in [5.41, 5.74) is 3.00. The summed E-state index contributed by atoms with van der Waals surface area (Å²) in [5.74, 6) is 0. The Morgan fingerprint density at radius 1 is 1.35 bits per heavy atom. The molecule has 0 aliphatic carbocycles. The van der Waals surface area contributed by atoms with Crippen LogP contribution in [0.3, 0.4) is 0 Å². The second kappa shape index (κ2) is 6.51. The Balaban J connectivity index is 1.86. The van der Waals surface area contributed by atoms with Crippen LogP contribution in [0, 0.1) is 13.8 Å². The van der Waals surface area contributed by atoms with E-state index < -0.39 is 5.60 Å². The van der Waals surface area contributed by atoms with E-state index in [0.29, 0.717) is 0 Å². The molecule has 1 amide bonds. The fourth-order valence-electron chi connectivity index (χ4n) is 2.82. The largest absolute Gasteiger partial charge is 0.444 e. The third-order valence-electron chi connectivity index (χ3n) is 4.49. The lowest BCUT2D eigenvalue weighted by Crippen LogP contribution is -2.53. The van der Waals surface area contributed by atoms with Gasteiger partial charge < -0.3 is 15.0 Å². The maximum Gasteiger partial charge on any atom is 0.410 e. The van der Waals surface area contributed by atoms with Gasteiger partial charge in [-0.15, -0.1) is 0 Å². The number of carbonyl (C=O) groups is 1. The van der Waals surface area contributed by atoms with Gasteiger partial charge in [0, 0.05) is 36.4 Å². The summed E-state index contributed by atoms with van der Waals surface area (Å²) >= 11 is 0. The molecule has 1 aliphatic rings. The van der Waals surface area contributed by atoms with Crippen LogP contribution in [0.15, 0.2) is 0 Å². The first-order valence-corrected chi connectivity index (χ1v) is 8.33. The van der Waals surface area contributed by atoms with Crippen LogP contribution in [-0.2, 0) is 11.3 Å². The van der Waals surface area contributed by atoms with Crippen molar-refractivity contribution in [1.29, 1.82) is 0 Å². The van der Waals surface area contributed by atoms with Gasteiger partial charge in [0.15, 0.2) is 0 Å². The molecular formula is C17H30N4O2. The number of ether oxygens (including phenoxy) is 1. The van der Waals surface area contributed by atoms with Crippen LogP contribution >= 0.6 is 0 Å². The molecule has 6 nitrogen and oxygen atoms in total. The quantitative estimate of drug-likeness (QED) is 0.897. The minimum Gasteiger partial charge on any atom is -0.444 e. The molecule has 0 radical (unpaired) electrons. The Bertz CT molecular complexity index is 532. The van der Waals surface area contributed by atoms with E-state index in [4.69, 9.17) is 4.74 Å². The molecule has 0 atom stereocenters. The van der Waals surface area contributed by atoms with E-state index >= 15 is 0 Å². The van der Waals surface area contributed by atoms with E-state index in [2.05, 4.69) is 22.4 Å². The monoisotopic (exact) mass is 322 g/mol. The number of hydrogen-bond donors (Lipinski definition) is 2. The van der Waals surface area contributed by atoms with Gasteiger partial charge in [0.2, 0.25) is 0 Å². The number of aromatic amines is 1. The number of H-pyrrole nitrogens is 1. The summed E-state index contributed by atoms with van der Waals surface area (Å²) in [6.07, 6.45) is 1.63. The summed E-state index contributed by atoms with van der Waals surface area (Å²) in [7, 11) is 0. The summed E-state index contributed by atoms with van der Waals surface area (Å²) in [4.78, 5) is 13.9. The number of piperidine rings is 1. The van der Waals surface area contributed by atoms with E-state index in [0.717, 1.165) is 43.9 Å². The highest BCUT2D eigenvalue weighted by atomic mass is 16.6. The highest BCUT2D eigenvalue weighted by Gasteiger charge is 2.33. The summed E-state index contributed by atoms with van der Waals surface area (Å²) in [6, 6.07) is 0. The molecule has 0 bridgehead atoms. The van der Waals surface area contributed by atoms with Crippen molar-refractivity contribution in [3.63, 3.8) is 0 Å². The first kappa shape index (κ1) is 17.8. The lowest BCUT2D eigenvalue weighted by Gasteiger charge is -2.40. The number of aryl methyl sites for hydroxylation is 2. The van der Waals surface area contributed by atoms with E-state index in [1.54, 1.807) is 0 Å². The van der Waals surface area contributed by atoms with Crippen LogP contribution in [-0.4, -0.2) is 45.4 Å². The number of carbonyl (C=O) groups excluding carboxylic acids is 1. The molecule has 0 spiro atoms. The normalized spacial score (nSPS) is 18.1. The van der Waals surface area contributed by atoms with E-state index in [-0.39, 0.29) is 11.6 Å². The van der Waals surface area contributed by atoms with Gasteiger partial charge in [0.25, 0.3) is 0 Å². The van der Waals surface area contributed by atoms with Crippen molar-refractivity contribution < 1.29 is 9.53 Å². The Hall–Kier alpha value is -1.56. The van der Waals surface area contributed by atoms with Crippen molar-refractivity contribution in [3.8, 4) is 0 Å². The maximum absolute atomic E-state index is 12.1. The molecule has 1 aromatic rings. The van der Waals surface area contributed by atoms with Crippen molar-refractivity contribution in [2.75, 3.05) is 13.1 Å². The van der Waals surface area contributed by atoms with E-state index in [1.807, 2.05) is 39.5 Å². The Morgan fingerprint density at radius 2 is 1.96 bits per heavy atom. The molecule has 1 fully saturated rings. The lowest BCUT2D eigenvalue weighted by molar-refractivity contribution is 0.0157. The summed E-state index contributed by atoms with van der Waals surface area (Å²) < 4.78 is 5.45. The number of hydrogen-bond acceptors (Lipinski definition) is 4.